The minimum atomic E-state index is -0.763. The molecular formula is C12H14F2N2O. The predicted octanol–water partition coefficient (Wildman–Crippen LogP) is 2.09. The highest BCUT2D eigenvalue weighted by Crippen LogP contribution is 2.19. The van der Waals surface area contributed by atoms with Crippen molar-refractivity contribution in [3.8, 4) is 0 Å². The van der Waals surface area contributed by atoms with Gasteiger partial charge in [0.05, 0.1) is 5.69 Å². The van der Waals surface area contributed by atoms with Crippen molar-refractivity contribution in [3.63, 3.8) is 0 Å². The van der Waals surface area contributed by atoms with Gasteiger partial charge in [0.15, 0.2) is 5.82 Å². The molecule has 0 fully saturated rings. The number of carbonyl (C=O) groups is 1. The molecular weight excluding hydrogens is 226 g/mol. The highest BCUT2D eigenvalue weighted by atomic mass is 19.1. The molecule has 92 valence electrons. The van der Waals surface area contributed by atoms with Crippen molar-refractivity contribution < 1.29 is 13.6 Å². The Morgan fingerprint density at radius 1 is 1.47 bits per heavy atom. The predicted molar refractivity (Wildman–Crippen MR) is 63.1 cm³/mol. The highest BCUT2D eigenvalue weighted by molar-refractivity contribution is 5.72. The molecule has 0 atom stereocenters. The molecule has 1 rings (SSSR count). The van der Waals surface area contributed by atoms with Crippen LogP contribution in [0.2, 0.25) is 0 Å². The second kappa shape index (κ2) is 5.98. The number of nitrogen functional groups attached to an aromatic ring is 1. The summed E-state index contributed by atoms with van der Waals surface area (Å²) in [6, 6.07) is 2.30. The van der Waals surface area contributed by atoms with E-state index in [2.05, 4.69) is 5.32 Å². The van der Waals surface area contributed by atoms with Crippen molar-refractivity contribution in [3.05, 3.63) is 35.4 Å². The Morgan fingerprint density at radius 2 is 2.18 bits per heavy atom. The molecule has 0 aliphatic heterocycles. The van der Waals surface area contributed by atoms with Gasteiger partial charge >= 0.3 is 0 Å². The zero-order chi connectivity index (χ0) is 12.8. The van der Waals surface area contributed by atoms with E-state index in [9.17, 15) is 13.6 Å². The van der Waals surface area contributed by atoms with E-state index in [1.165, 1.54) is 19.1 Å². The number of hydrogen-bond donors (Lipinski definition) is 2. The molecule has 0 radical (unpaired) electrons. The summed E-state index contributed by atoms with van der Waals surface area (Å²) in [5, 5.41) is 2.57. The largest absolute Gasteiger partial charge is 0.396 e. The number of halogens is 2. The first-order valence-electron chi connectivity index (χ1n) is 5.17. The molecule has 1 aromatic carbocycles. The first kappa shape index (κ1) is 13.2. The number of rotatable bonds is 4. The van der Waals surface area contributed by atoms with Crippen LogP contribution < -0.4 is 11.1 Å². The van der Waals surface area contributed by atoms with Gasteiger partial charge in [-0.2, -0.15) is 0 Å². The second-order valence-corrected chi connectivity index (χ2v) is 3.54. The molecule has 1 aromatic rings. The molecule has 0 aromatic heterocycles. The van der Waals surface area contributed by atoms with Crippen molar-refractivity contribution >= 4 is 17.7 Å². The molecule has 3 N–H and O–H groups in total. The van der Waals surface area contributed by atoms with Gasteiger partial charge in [-0.25, -0.2) is 8.78 Å². The van der Waals surface area contributed by atoms with Crippen LogP contribution in [-0.2, 0) is 4.79 Å². The summed E-state index contributed by atoms with van der Waals surface area (Å²) in [6.07, 6.45) is 3.40. The maximum Gasteiger partial charge on any atom is 0.216 e. The Labute approximate surface area is 98.3 Å². The average Bonchev–Trinajstić information content (AvgIpc) is 2.27. The fourth-order valence-corrected chi connectivity index (χ4v) is 1.27. The highest BCUT2D eigenvalue weighted by Gasteiger charge is 2.08. The van der Waals surface area contributed by atoms with E-state index >= 15 is 0 Å². The van der Waals surface area contributed by atoms with Crippen LogP contribution in [0, 0.1) is 11.6 Å². The number of hydrogen-bond acceptors (Lipinski definition) is 2. The van der Waals surface area contributed by atoms with Crippen LogP contribution in [0.5, 0.6) is 0 Å². The zero-order valence-corrected chi connectivity index (χ0v) is 9.47. The van der Waals surface area contributed by atoms with Gasteiger partial charge in [-0.1, -0.05) is 12.2 Å². The topological polar surface area (TPSA) is 55.1 Å². The van der Waals surface area contributed by atoms with Crippen molar-refractivity contribution in [1.29, 1.82) is 0 Å². The van der Waals surface area contributed by atoms with Crippen LogP contribution >= 0.6 is 0 Å². The van der Waals surface area contributed by atoms with E-state index in [0.29, 0.717) is 13.0 Å². The summed E-state index contributed by atoms with van der Waals surface area (Å²) in [5.74, 6) is -1.56. The molecule has 17 heavy (non-hydrogen) atoms. The minimum absolute atomic E-state index is 0.0899. The van der Waals surface area contributed by atoms with Crippen molar-refractivity contribution in [2.75, 3.05) is 12.3 Å². The van der Waals surface area contributed by atoms with E-state index in [4.69, 9.17) is 5.73 Å². The Bertz CT molecular complexity index is 444. The summed E-state index contributed by atoms with van der Waals surface area (Å²) >= 11 is 0. The lowest BCUT2D eigenvalue weighted by molar-refractivity contribution is -0.118. The molecule has 0 aliphatic rings. The number of benzene rings is 1. The molecule has 1 amide bonds. The number of anilines is 1. The summed E-state index contributed by atoms with van der Waals surface area (Å²) in [6.45, 7) is 1.83. The monoisotopic (exact) mass is 240 g/mol. The molecule has 0 heterocycles. The van der Waals surface area contributed by atoms with Crippen LogP contribution in [0.4, 0.5) is 14.5 Å². The second-order valence-electron chi connectivity index (χ2n) is 3.54. The molecule has 0 spiro atoms. The zero-order valence-electron chi connectivity index (χ0n) is 9.47. The summed E-state index contributed by atoms with van der Waals surface area (Å²) in [5.41, 5.74) is 5.08. The molecule has 0 saturated carbocycles. The maximum absolute atomic E-state index is 13.4. The van der Waals surface area contributed by atoms with Gasteiger partial charge in [0.25, 0.3) is 0 Å². The van der Waals surface area contributed by atoms with Crippen molar-refractivity contribution in [2.45, 2.75) is 13.3 Å². The van der Waals surface area contributed by atoms with E-state index in [0.717, 1.165) is 6.07 Å². The van der Waals surface area contributed by atoms with E-state index < -0.39 is 11.6 Å². The third kappa shape index (κ3) is 3.86. The molecule has 3 nitrogen and oxygen atoms in total. The Balaban J connectivity index is 2.65. The summed E-state index contributed by atoms with van der Waals surface area (Å²) in [7, 11) is 0. The van der Waals surface area contributed by atoms with Gasteiger partial charge in [-0.15, -0.1) is 0 Å². The average molecular weight is 240 g/mol. The lowest BCUT2D eigenvalue weighted by Crippen LogP contribution is -2.20. The Morgan fingerprint density at radius 3 is 2.82 bits per heavy atom. The summed E-state index contributed by atoms with van der Waals surface area (Å²) < 4.78 is 26.7. The minimum Gasteiger partial charge on any atom is -0.396 e. The maximum atomic E-state index is 13.4. The fourth-order valence-electron chi connectivity index (χ4n) is 1.27. The van der Waals surface area contributed by atoms with Crippen LogP contribution in [0.1, 0.15) is 18.9 Å². The first-order valence-corrected chi connectivity index (χ1v) is 5.17. The smallest absolute Gasteiger partial charge is 0.216 e. The summed E-state index contributed by atoms with van der Waals surface area (Å²) in [4.78, 5) is 10.6. The molecule has 0 bridgehead atoms. The van der Waals surface area contributed by atoms with E-state index in [1.54, 1.807) is 6.08 Å². The van der Waals surface area contributed by atoms with Gasteiger partial charge in [0.2, 0.25) is 5.91 Å². The SMILES string of the molecule is CC(=O)NCCC=Cc1c(F)ccc(N)c1F. The van der Waals surface area contributed by atoms with Crippen molar-refractivity contribution in [1.82, 2.24) is 5.32 Å². The Kier molecular flexibility index (Phi) is 4.63. The number of nitrogens with one attached hydrogen (secondary N) is 1. The molecule has 0 unspecified atom stereocenters. The van der Waals surface area contributed by atoms with E-state index in [1.807, 2.05) is 0 Å². The molecule has 5 heteroatoms. The van der Waals surface area contributed by atoms with Crippen LogP contribution in [0.25, 0.3) is 6.08 Å². The van der Waals surface area contributed by atoms with Crippen molar-refractivity contribution in [2.24, 2.45) is 0 Å². The van der Waals surface area contributed by atoms with Gasteiger partial charge < -0.3 is 11.1 Å². The van der Waals surface area contributed by atoms with Crippen LogP contribution in [0.15, 0.2) is 18.2 Å². The van der Waals surface area contributed by atoms with Gasteiger partial charge in [-0.05, 0) is 18.6 Å². The van der Waals surface area contributed by atoms with Gasteiger partial charge in [0.1, 0.15) is 5.82 Å². The third-order valence-corrected chi connectivity index (χ3v) is 2.13. The quantitative estimate of drug-likeness (QED) is 0.625. The van der Waals surface area contributed by atoms with E-state index in [-0.39, 0.29) is 17.2 Å². The van der Waals surface area contributed by atoms with Gasteiger partial charge in [0, 0.05) is 19.0 Å². The third-order valence-electron chi connectivity index (χ3n) is 2.13. The lowest BCUT2D eigenvalue weighted by atomic mass is 10.1. The molecule has 0 aliphatic carbocycles. The molecule has 0 saturated heterocycles. The van der Waals surface area contributed by atoms with Crippen LogP contribution in [-0.4, -0.2) is 12.5 Å². The lowest BCUT2D eigenvalue weighted by Gasteiger charge is -2.02. The standard InChI is InChI=1S/C12H14F2N2O/c1-8(17)16-7-3-2-4-9-10(13)5-6-11(15)12(9)14/h2,4-6H,3,7,15H2,1H3,(H,16,17). The van der Waals surface area contributed by atoms with Gasteiger partial charge in [-0.3, -0.25) is 4.79 Å². The van der Waals surface area contributed by atoms with Crippen LogP contribution in [0.3, 0.4) is 0 Å². The first-order chi connectivity index (χ1) is 8.02. The number of carbonyl (C=O) groups excluding carboxylic acids is 1. The number of nitrogens with two attached hydrogens (primary N) is 1. The number of amides is 1. The Hall–Kier alpha value is -1.91. The normalized spacial score (nSPS) is 10.8. The fraction of sp³-hybridized carbons (Fsp3) is 0.250.